The molecular weight excluding hydrogens is 246 g/mol. The van der Waals surface area contributed by atoms with E-state index in [1.54, 1.807) is 0 Å². The lowest BCUT2D eigenvalue weighted by atomic mass is 9.93. The lowest BCUT2D eigenvalue weighted by Crippen LogP contribution is -2.33. The molecule has 2 N–H and O–H groups in total. The molecule has 20 heavy (non-hydrogen) atoms. The summed E-state index contributed by atoms with van der Waals surface area (Å²) in [7, 11) is 2.18. The van der Waals surface area contributed by atoms with Crippen LogP contribution in [-0.2, 0) is 6.42 Å². The third-order valence-corrected chi connectivity index (χ3v) is 4.99. The van der Waals surface area contributed by atoms with E-state index in [1.807, 2.05) is 0 Å². The summed E-state index contributed by atoms with van der Waals surface area (Å²) in [4.78, 5) is 4.91. The number of fused-ring (bicyclic) bond motifs is 1. The Hall–Kier alpha value is -1.06. The average molecular weight is 273 g/mol. The quantitative estimate of drug-likeness (QED) is 0.918. The van der Waals surface area contributed by atoms with Crippen molar-refractivity contribution < 1.29 is 0 Å². The SMILES string of the molecule is CN1CCc2cc(C(CN)N3CCC(C)(C)C3)ccc21. The molecule has 3 nitrogen and oxygen atoms in total. The van der Waals surface area contributed by atoms with E-state index in [9.17, 15) is 0 Å². The van der Waals surface area contributed by atoms with Crippen molar-refractivity contribution in [2.24, 2.45) is 11.1 Å². The molecule has 110 valence electrons. The van der Waals surface area contributed by atoms with Gasteiger partial charge in [0.25, 0.3) is 0 Å². The molecule has 0 saturated carbocycles. The van der Waals surface area contributed by atoms with Crippen molar-refractivity contribution in [1.29, 1.82) is 0 Å². The summed E-state index contributed by atoms with van der Waals surface area (Å²) in [6, 6.07) is 7.33. The van der Waals surface area contributed by atoms with Crippen LogP contribution in [0.4, 0.5) is 5.69 Å². The van der Waals surface area contributed by atoms with Crippen LogP contribution in [-0.4, -0.2) is 38.1 Å². The van der Waals surface area contributed by atoms with Crippen molar-refractivity contribution >= 4 is 5.69 Å². The summed E-state index contributed by atoms with van der Waals surface area (Å²) in [5.74, 6) is 0. The normalized spacial score (nSPS) is 23.1. The van der Waals surface area contributed by atoms with E-state index in [1.165, 1.54) is 36.2 Å². The molecule has 1 fully saturated rings. The molecule has 0 spiro atoms. The van der Waals surface area contributed by atoms with E-state index >= 15 is 0 Å². The van der Waals surface area contributed by atoms with Gasteiger partial charge in [0.1, 0.15) is 0 Å². The first kappa shape index (κ1) is 13.9. The Kier molecular flexibility index (Phi) is 3.51. The molecule has 1 unspecified atom stereocenters. The van der Waals surface area contributed by atoms with Gasteiger partial charge in [-0.2, -0.15) is 0 Å². The van der Waals surface area contributed by atoms with Gasteiger partial charge in [-0.1, -0.05) is 26.0 Å². The lowest BCUT2D eigenvalue weighted by Gasteiger charge is -2.29. The van der Waals surface area contributed by atoms with E-state index in [0.717, 1.165) is 13.1 Å². The predicted molar refractivity (Wildman–Crippen MR) is 85.2 cm³/mol. The largest absolute Gasteiger partial charge is 0.374 e. The Labute approximate surface area is 122 Å². The van der Waals surface area contributed by atoms with Crippen LogP contribution in [0.15, 0.2) is 18.2 Å². The van der Waals surface area contributed by atoms with E-state index < -0.39 is 0 Å². The summed E-state index contributed by atoms with van der Waals surface area (Å²) in [6.07, 6.45) is 2.44. The zero-order chi connectivity index (χ0) is 14.3. The molecule has 1 atom stereocenters. The number of likely N-dealkylation sites (N-methyl/N-ethyl adjacent to an activating group) is 1. The van der Waals surface area contributed by atoms with Crippen LogP contribution in [0.5, 0.6) is 0 Å². The third-order valence-electron chi connectivity index (χ3n) is 4.99. The molecule has 2 aliphatic heterocycles. The first-order valence-electron chi connectivity index (χ1n) is 7.78. The Morgan fingerprint density at radius 3 is 2.75 bits per heavy atom. The Morgan fingerprint density at radius 1 is 1.30 bits per heavy atom. The number of likely N-dealkylation sites (tertiary alicyclic amines) is 1. The number of anilines is 1. The van der Waals surface area contributed by atoms with Crippen LogP contribution >= 0.6 is 0 Å². The highest BCUT2D eigenvalue weighted by Crippen LogP contribution is 2.36. The Balaban J connectivity index is 1.84. The minimum atomic E-state index is 0.382. The lowest BCUT2D eigenvalue weighted by molar-refractivity contribution is 0.223. The maximum absolute atomic E-state index is 6.09. The third kappa shape index (κ3) is 2.45. The van der Waals surface area contributed by atoms with Crippen LogP contribution in [0.2, 0.25) is 0 Å². The van der Waals surface area contributed by atoms with Gasteiger partial charge in [-0.25, -0.2) is 0 Å². The van der Waals surface area contributed by atoms with Crippen molar-refractivity contribution in [1.82, 2.24) is 4.90 Å². The summed E-state index contributed by atoms with van der Waals surface area (Å²) in [5.41, 5.74) is 10.8. The van der Waals surface area contributed by atoms with Crippen molar-refractivity contribution in [3.05, 3.63) is 29.3 Å². The van der Waals surface area contributed by atoms with Crippen molar-refractivity contribution in [2.75, 3.05) is 38.1 Å². The molecule has 0 aromatic heterocycles. The second-order valence-corrected chi connectivity index (χ2v) is 7.20. The zero-order valence-electron chi connectivity index (χ0n) is 13.0. The smallest absolute Gasteiger partial charge is 0.0470 e. The van der Waals surface area contributed by atoms with Crippen molar-refractivity contribution in [2.45, 2.75) is 32.7 Å². The average Bonchev–Trinajstić information content (AvgIpc) is 2.94. The van der Waals surface area contributed by atoms with E-state index in [4.69, 9.17) is 5.73 Å². The first-order valence-corrected chi connectivity index (χ1v) is 7.78. The highest BCUT2D eigenvalue weighted by atomic mass is 15.2. The predicted octanol–water partition coefficient (Wildman–Crippen LogP) is 2.41. The van der Waals surface area contributed by atoms with Gasteiger partial charge < -0.3 is 10.6 Å². The molecule has 2 aliphatic rings. The second kappa shape index (κ2) is 5.05. The summed E-state index contributed by atoms with van der Waals surface area (Å²) in [5, 5.41) is 0. The summed E-state index contributed by atoms with van der Waals surface area (Å²) in [6.45, 7) is 8.90. The molecule has 0 aliphatic carbocycles. The van der Waals surface area contributed by atoms with Gasteiger partial charge in [-0.3, -0.25) is 4.90 Å². The molecule has 3 rings (SSSR count). The monoisotopic (exact) mass is 273 g/mol. The second-order valence-electron chi connectivity index (χ2n) is 7.20. The van der Waals surface area contributed by atoms with Crippen LogP contribution in [0.25, 0.3) is 0 Å². The number of nitrogens with two attached hydrogens (primary N) is 1. The number of benzene rings is 1. The molecule has 0 bridgehead atoms. The van der Waals surface area contributed by atoms with Crippen molar-refractivity contribution in [3.8, 4) is 0 Å². The van der Waals surface area contributed by atoms with Gasteiger partial charge in [-0.15, -0.1) is 0 Å². The number of hydrogen-bond donors (Lipinski definition) is 1. The van der Waals surface area contributed by atoms with Gasteiger partial charge in [-0.05, 0) is 42.0 Å². The van der Waals surface area contributed by atoms with Crippen LogP contribution in [0.1, 0.15) is 37.4 Å². The van der Waals surface area contributed by atoms with Crippen LogP contribution < -0.4 is 10.6 Å². The topological polar surface area (TPSA) is 32.5 Å². The van der Waals surface area contributed by atoms with Gasteiger partial charge in [0, 0.05) is 38.4 Å². The Morgan fingerprint density at radius 2 is 2.10 bits per heavy atom. The fraction of sp³-hybridized carbons (Fsp3) is 0.647. The van der Waals surface area contributed by atoms with E-state index in [0.29, 0.717) is 18.0 Å². The van der Waals surface area contributed by atoms with Crippen LogP contribution in [0.3, 0.4) is 0 Å². The molecule has 1 saturated heterocycles. The minimum absolute atomic E-state index is 0.382. The maximum Gasteiger partial charge on any atom is 0.0470 e. The minimum Gasteiger partial charge on any atom is -0.374 e. The first-order chi connectivity index (χ1) is 9.50. The van der Waals surface area contributed by atoms with Gasteiger partial charge >= 0.3 is 0 Å². The number of rotatable bonds is 3. The highest BCUT2D eigenvalue weighted by molar-refractivity contribution is 5.58. The standard InChI is InChI=1S/C17H27N3/c1-17(2)7-9-20(12-17)16(11-18)13-4-5-15-14(10-13)6-8-19(15)3/h4-5,10,16H,6-9,11-12,18H2,1-3H3. The number of nitrogens with zero attached hydrogens (tertiary/aromatic N) is 2. The van der Waals surface area contributed by atoms with Crippen LogP contribution in [0, 0.1) is 5.41 Å². The molecule has 3 heteroatoms. The van der Waals surface area contributed by atoms with E-state index in [2.05, 4.69) is 48.9 Å². The molecule has 1 aromatic rings. The molecular formula is C17H27N3. The number of hydrogen-bond acceptors (Lipinski definition) is 3. The molecule has 2 heterocycles. The maximum atomic E-state index is 6.09. The summed E-state index contributed by atoms with van der Waals surface area (Å²) < 4.78 is 0. The van der Waals surface area contributed by atoms with Gasteiger partial charge in [0.2, 0.25) is 0 Å². The van der Waals surface area contributed by atoms with E-state index in [-0.39, 0.29) is 0 Å². The molecule has 0 amide bonds. The fourth-order valence-electron chi connectivity index (χ4n) is 3.71. The van der Waals surface area contributed by atoms with Crippen molar-refractivity contribution in [3.63, 3.8) is 0 Å². The Bertz CT molecular complexity index is 495. The molecule has 1 aromatic carbocycles. The van der Waals surface area contributed by atoms with Gasteiger partial charge in [0.05, 0.1) is 0 Å². The van der Waals surface area contributed by atoms with Gasteiger partial charge in [0.15, 0.2) is 0 Å². The zero-order valence-corrected chi connectivity index (χ0v) is 13.0. The fourth-order valence-corrected chi connectivity index (χ4v) is 3.71. The molecule has 0 radical (unpaired) electrons. The highest BCUT2D eigenvalue weighted by Gasteiger charge is 2.33. The summed E-state index contributed by atoms with van der Waals surface area (Å²) >= 11 is 0.